The van der Waals surface area contributed by atoms with E-state index < -0.39 is 5.41 Å². The van der Waals surface area contributed by atoms with Gasteiger partial charge in [-0.15, -0.1) is 10.2 Å². The Morgan fingerprint density at radius 1 is 0.923 bits per heavy atom. The van der Waals surface area contributed by atoms with Gasteiger partial charge < -0.3 is 10.3 Å². The molecule has 1 fully saturated rings. The van der Waals surface area contributed by atoms with Gasteiger partial charge in [-0.25, -0.2) is 0 Å². The highest BCUT2D eigenvalue weighted by Crippen LogP contribution is 2.49. The van der Waals surface area contributed by atoms with Crippen LogP contribution < -0.4 is 5.73 Å². The minimum atomic E-state index is -0.828. The molecule has 2 atom stereocenters. The van der Waals surface area contributed by atoms with Crippen LogP contribution in [-0.4, -0.2) is 20.7 Å². The number of primary amides is 1. The largest absolute Gasteiger partial charge is 0.369 e. The Bertz CT molecular complexity index is 822. The minimum Gasteiger partial charge on any atom is -0.369 e. The van der Waals surface area contributed by atoms with E-state index in [4.69, 9.17) is 5.73 Å². The van der Waals surface area contributed by atoms with Crippen molar-refractivity contribution in [1.82, 2.24) is 14.8 Å². The van der Waals surface area contributed by atoms with Crippen molar-refractivity contribution in [3.05, 3.63) is 84.4 Å². The molecule has 1 heterocycles. The molecule has 132 valence electrons. The highest BCUT2D eigenvalue weighted by atomic mass is 16.1. The molecule has 2 N–H and O–H groups in total. The molecule has 0 unspecified atom stereocenters. The fourth-order valence-corrected chi connectivity index (χ4v) is 4.54. The Morgan fingerprint density at radius 3 is 1.96 bits per heavy atom. The first kappa shape index (κ1) is 16.5. The van der Waals surface area contributed by atoms with Crippen molar-refractivity contribution in [2.24, 2.45) is 11.7 Å². The van der Waals surface area contributed by atoms with Crippen molar-refractivity contribution in [3.63, 3.8) is 0 Å². The Hall–Kier alpha value is -2.95. The summed E-state index contributed by atoms with van der Waals surface area (Å²) in [6.07, 6.45) is 6.28. The second kappa shape index (κ2) is 6.75. The number of carbonyl (C=O) groups is 1. The maximum atomic E-state index is 13.0. The third-order valence-electron chi connectivity index (χ3n) is 5.72. The first-order valence-electron chi connectivity index (χ1n) is 8.98. The van der Waals surface area contributed by atoms with Gasteiger partial charge in [-0.05, 0) is 36.3 Å². The van der Waals surface area contributed by atoms with Crippen LogP contribution in [0, 0.1) is 5.92 Å². The van der Waals surface area contributed by atoms with Crippen LogP contribution in [0.15, 0.2) is 73.3 Å². The van der Waals surface area contributed by atoms with E-state index in [9.17, 15) is 4.79 Å². The van der Waals surface area contributed by atoms with Crippen LogP contribution in [0.5, 0.6) is 0 Å². The predicted octanol–water partition coefficient (Wildman–Crippen LogP) is 3.09. The molecule has 0 saturated heterocycles. The molecule has 26 heavy (non-hydrogen) atoms. The van der Waals surface area contributed by atoms with Gasteiger partial charge in [0.25, 0.3) is 0 Å². The highest BCUT2D eigenvalue weighted by Gasteiger charge is 2.50. The lowest BCUT2D eigenvalue weighted by atomic mass is 9.64. The molecule has 2 aromatic carbocycles. The summed E-state index contributed by atoms with van der Waals surface area (Å²) in [5.41, 5.74) is 7.21. The van der Waals surface area contributed by atoms with Crippen LogP contribution in [0.4, 0.5) is 0 Å². The normalized spacial score (nSPS) is 20.2. The number of amides is 1. The second-order valence-corrected chi connectivity index (χ2v) is 6.98. The zero-order valence-electron chi connectivity index (χ0n) is 14.5. The summed E-state index contributed by atoms with van der Waals surface area (Å²) in [7, 11) is 0. The molecule has 0 spiro atoms. The van der Waals surface area contributed by atoms with Crippen LogP contribution in [0.25, 0.3) is 0 Å². The first-order valence-corrected chi connectivity index (χ1v) is 8.98. The van der Waals surface area contributed by atoms with E-state index in [-0.39, 0.29) is 11.8 Å². The summed E-state index contributed by atoms with van der Waals surface area (Å²) < 4.78 is 2.04. The molecule has 5 heteroatoms. The molecule has 1 aromatic heterocycles. The van der Waals surface area contributed by atoms with E-state index in [1.807, 2.05) is 65.2 Å². The van der Waals surface area contributed by atoms with Crippen molar-refractivity contribution in [2.75, 3.05) is 0 Å². The number of benzene rings is 2. The van der Waals surface area contributed by atoms with Crippen LogP contribution >= 0.6 is 0 Å². The average molecular weight is 346 g/mol. The smallest absolute Gasteiger partial charge is 0.232 e. The van der Waals surface area contributed by atoms with E-state index in [1.54, 1.807) is 12.7 Å². The van der Waals surface area contributed by atoms with Gasteiger partial charge in [0.05, 0.1) is 0 Å². The molecule has 5 nitrogen and oxygen atoms in total. The van der Waals surface area contributed by atoms with Crippen LogP contribution in [0.2, 0.25) is 0 Å². The Morgan fingerprint density at radius 2 is 1.46 bits per heavy atom. The highest BCUT2D eigenvalue weighted by molar-refractivity contribution is 5.91. The van der Waals surface area contributed by atoms with E-state index >= 15 is 0 Å². The molecule has 0 radical (unpaired) electrons. The molecule has 1 saturated carbocycles. The summed E-state index contributed by atoms with van der Waals surface area (Å²) in [6.45, 7) is 0. The lowest BCUT2D eigenvalue weighted by Crippen LogP contribution is -2.47. The SMILES string of the molecule is NC(=O)C(c1ccccc1)(c1ccccc1)[C@@H]1CC[C@H](n2cnnc2)C1. The number of carbonyl (C=O) groups excluding carboxylic acids is 1. The number of rotatable bonds is 5. The molecular weight excluding hydrogens is 324 g/mol. The van der Waals surface area contributed by atoms with Crippen molar-refractivity contribution in [3.8, 4) is 0 Å². The number of hydrogen-bond acceptors (Lipinski definition) is 3. The van der Waals surface area contributed by atoms with E-state index in [0.29, 0.717) is 6.04 Å². The van der Waals surface area contributed by atoms with Gasteiger partial charge in [0.15, 0.2) is 0 Å². The lowest BCUT2D eigenvalue weighted by molar-refractivity contribution is -0.123. The molecule has 0 aliphatic heterocycles. The molecule has 1 aliphatic carbocycles. The van der Waals surface area contributed by atoms with Crippen LogP contribution in [-0.2, 0) is 10.2 Å². The quantitative estimate of drug-likeness (QED) is 0.771. The van der Waals surface area contributed by atoms with Gasteiger partial charge >= 0.3 is 0 Å². The van der Waals surface area contributed by atoms with Crippen molar-refractivity contribution >= 4 is 5.91 Å². The van der Waals surface area contributed by atoms with Gasteiger partial charge in [0.2, 0.25) is 5.91 Å². The summed E-state index contributed by atoms with van der Waals surface area (Å²) in [4.78, 5) is 13.0. The predicted molar refractivity (Wildman–Crippen MR) is 99.3 cm³/mol. The maximum Gasteiger partial charge on any atom is 0.232 e. The summed E-state index contributed by atoms with van der Waals surface area (Å²) in [5, 5.41) is 7.85. The second-order valence-electron chi connectivity index (χ2n) is 6.98. The van der Waals surface area contributed by atoms with Gasteiger partial charge in [0, 0.05) is 6.04 Å². The molecule has 1 aliphatic rings. The Kier molecular flexibility index (Phi) is 4.29. The number of nitrogens with two attached hydrogens (primary N) is 1. The molecular formula is C21H22N4O. The van der Waals surface area contributed by atoms with Crippen molar-refractivity contribution < 1.29 is 4.79 Å². The monoisotopic (exact) mass is 346 g/mol. The summed E-state index contributed by atoms with van der Waals surface area (Å²) in [5.74, 6) is -0.165. The Balaban J connectivity index is 1.82. The van der Waals surface area contributed by atoms with E-state index in [2.05, 4.69) is 10.2 Å². The topological polar surface area (TPSA) is 73.8 Å². The van der Waals surface area contributed by atoms with Crippen molar-refractivity contribution in [1.29, 1.82) is 0 Å². The van der Waals surface area contributed by atoms with Gasteiger partial charge in [0.1, 0.15) is 18.1 Å². The Labute approximate surface area is 152 Å². The minimum absolute atomic E-state index is 0.122. The van der Waals surface area contributed by atoms with E-state index in [1.165, 1.54) is 0 Å². The van der Waals surface area contributed by atoms with Gasteiger partial charge in [-0.2, -0.15) is 0 Å². The summed E-state index contributed by atoms with van der Waals surface area (Å²) in [6, 6.07) is 20.2. The first-order chi connectivity index (χ1) is 12.7. The number of hydrogen-bond donors (Lipinski definition) is 1. The fraction of sp³-hybridized carbons (Fsp3) is 0.286. The number of aromatic nitrogens is 3. The standard InChI is InChI=1S/C21H22N4O/c22-20(26)21(16-7-3-1-4-8-16,17-9-5-2-6-10-17)18-11-12-19(13-18)25-14-23-24-15-25/h1-10,14-15,18-19H,11-13H2,(H2,22,26)/t18-,19+/m1/s1. The van der Waals surface area contributed by atoms with Crippen molar-refractivity contribution in [2.45, 2.75) is 30.7 Å². The van der Waals surface area contributed by atoms with Crippen LogP contribution in [0.3, 0.4) is 0 Å². The molecule has 4 rings (SSSR count). The zero-order valence-corrected chi connectivity index (χ0v) is 14.5. The van der Waals surface area contributed by atoms with Gasteiger partial charge in [-0.1, -0.05) is 60.7 Å². The summed E-state index contributed by atoms with van der Waals surface area (Å²) >= 11 is 0. The fourth-order valence-electron chi connectivity index (χ4n) is 4.54. The van der Waals surface area contributed by atoms with Crippen LogP contribution in [0.1, 0.15) is 36.4 Å². The molecule has 3 aromatic rings. The third-order valence-corrected chi connectivity index (χ3v) is 5.72. The zero-order chi connectivity index (χ0) is 18.0. The molecule has 1 amide bonds. The lowest BCUT2D eigenvalue weighted by Gasteiger charge is -2.37. The maximum absolute atomic E-state index is 13.0. The average Bonchev–Trinajstić information content (AvgIpc) is 3.36. The molecule has 0 bridgehead atoms. The van der Waals surface area contributed by atoms with E-state index in [0.717, 1.165) is 30.4 Å². The number of nitrogens with zero attached hydrogens (tertiary/aromatic N) is 3. The third kappa shape index (κ3) is 2.60. The van der Waals surface area contributed by atoms with Gasteiger partial charge in [-0.3, -0.25) is 4.79 Å².